The van der Waals surface area contributed by atoms with Gasteiger partial charge in [-0.25, -0.2) is 14.6 Å². The molecule has 4 aromatic rings. The average Bonchev–Trinajstić information content (AvgIpc) is 3.13. The van der Waals surface area contributed by atoms with E-state index in [1.54, 1.807) is 11.0 Å². The maximum atomic E-state index is 12.4. The zero-order valence-electron chi connectivity index (χ0n) is 13.4. The number of hydrogen-bond donors (Lipinski definition) is 0. The molecular formula is C19H15N5O. The summed E-state index contributed by atoms with van der Waals surface area (Å²) >= 11 is 0. The van der Waals surface area contributed by atoms with Gasteiger partial charge >= 0.3 is 0 Å². The lowest BCUT2D eigenvalue weighted by Crippen LogP contribution is -2.21. The van der Waals surface area contributed by atoms with Crippen LogP contribution in [0.2, 0.25) is 0 Å². The predicted octanol–water partition coefficient (Wildman–Crippen LogP) is 2.54. The Bertz CT molecular complexity index is 1040. The number of rotatable bonds is 4. The summed E-state index contributed by atoms with van der Waals surface area (Å²) in [5.74, 6) is 0.556. The Morgan fingerprint density at radius 2 is 1.56 bits per heavy atom. The highest BCUT2D eigenvalue weighted by molar-refractivity contribution is 5.57. The van der Waals surface area contributed by atoms with Gasteiger partial charge < -0.3 is 0 Å². The van der Waals surface area contributed by atoms with Gasteiger partial charge in [-0.05, 0) is 12.1 Å². The quantitative estimate of drug-likeness (QED) is 0.577. The number of para-hydroxylation sites is 1. The molecule has 0 N–H and O–H groups in total. The van der Waals surface area contributed by atoms with Crippen molar-refractivity contribution >= 4 is 0 Å². The summed E-state index contributed by atoms with van der Waals surface area (Å²) in [5, 5.41) is 4.42. The molecule has 0 unspecified atom stereocenters. The molecule has 0 aliphatic heterocycles. The summed E-state index contributed by atoms with van der Waals surface area (Å²) in [6.07, 6.45) is 3.18. The number of benzene rings is 2. The molecular weight excluding hydrogens is 314 g/mol. The van der Waals surface area contributed by atoms with Crippen LogP contribution in [0.3, 0.4) is 0 Å². The third kappa shape index (κ3) is 3.23. The van der Waals surface area contributed by atoms with Crippen LogP contribution in [-0.2, 0) is 6.54 Å². The van der Waals surface area contributed by atoms with Crippen molar-refractivity contribution in [3.05, 3.63) is 95.6 Å². The molecule has 2 aromatic carbocycles. The molecule has 6 nitrogen and oxygen atoms in total. The molecule has 4 rings (SSSR count). The van der Waals surface area contributed by atoms with Crippen molar-refractivity contribution in [1.29, 1.82) is 0 Å². The van der Waals surface area contributed by atoms with Gasteiger partial charge in [0, 0.05) is 11.6 Å². The number of aromatic nitrogens is 5. The van der Waals surface area contributed by atoms with Crippen LogP contribution >= 0.6 is 0 Å². The first kappa shape index (κ1) is 15.0. The highest BCUT2D eigenvalue weighted by atomic mass is 16.1. The predicted molar refractivity (Wildman–Crippen MR) is 94.4 cm³/mol. The fourth-order valence-corrected chi connectivity index (χ4v) is 2.54. The number of nitrogens with zero attached hydrogens (tertiary/aromatic N) is 5. The van der Waals surface area contributed by atoms with E-state index in [1.807, 2.05) is 60.7 Å². The van der Waals surface area contributed by atoms with E-state index in [2.05, 4.69) is 15.1 Å². The Hall–Kier alpha value is -3.54. The molecule has 6 heteroatoms. The average molecular weight is 329 g/mol. The van der Waals surface area contributed by atoms with Gasteiger partial charge in [-0.3, -0.25) is 9.36 Å². The second-order valence-electron chi connectivity index (χ2n) is 5.55. The molecule has 0 saturated heterocycles. The van der Waals surface area contributed by atoms with Gasteiger partial charge in [0.2, 0.25) is 0 Å². The Morgan fingerprint density at radius 3 is 2.28 bits per heavy atom. The van der Waals surface area contributed by atoms with Crippen LogP contribution in [0.15, 0.2) is 84.2 Å². The zero-order chi connectivity index (χ0) is 17.1. The van der Waals surface area contributed by atoms with Crippen LogP contribution in [-0.4, -0.2) is 24.3 Å². The first-order valence-corrected chi connectivity index (χ1v) is 7.87. The van der Waals surface area contributed by atoms with Gasteiger partial charge in [-0.2, -0.15) is 0 Å². The molecule has 2 heterocycles. The fourth-order valence-electron chi connectivity index (χ4n) is 2.54. The van der Waals surface area contributed by atoms with Crippen LogP contribution in [0.4, 0.5) is 0 Å². The molecule has 0 fully saturated rings. The van der Waals surface area contributed by atoms with Gasteiger partial charge in [0.15, 0.2) is 5.82 Å². The van der Waals surface area contributed by atoms with Crippen molar-refractivity contribution in [3.8, 4) is 16.9 Å². The molecule has 2 aromatic heterocycles. The maximum Gasteiger partial charge on any atom is 0.254 e. The van der Waals surface area contributed by atoms with Crippen LogP contribution in [0.1, 0.15) is 5.82 Å². The highest BCUT2D eigenvalue weighted by Gasteiger charge is 2.07. The molecule has 0 aliphatic rings. The third-order valence-electron chi connectivity index (χ3n) is 3.82. The highest BCUT2D eigenvalue weighted by Crippen LogP contribution is 2.13. The fraction of sp³-hybridized carbons (Fsp3) is 0.0526. The zero-order valence-corrected chi connectivity index (χ0v) is 13.4. The normalized spacial score (nSPS) is 10.7. The minimum atomic E-state index is -0.134. The molecule has 122 valence electrons. The lowest BCUT2D eigenvalue weighted by Gasteiger charge is -2.04. The lowest BCUT2D eigenvalue weighted by atomic mass is 10.1. The first-order valence-electron chi connectivity index (χ1n) is 7.87. The van der Waals surface area contributed by atoms with E-state index in [1.165, 1.54) is 17.0 Å². The molecule has 25 heavy (non-hydrogen) atoms. The van der Waals surface area contributed by atoms with Crippen LogP contribution in [0.5, 0.6) is 0 Å². The maximum absolute atomic E-state index is 12.4. The Balaban J connectivity index is 1.58. The second-order valence-corrected chi connectivity index (χ2v) is 5.55. The van der Waals surface area contributed by atoms with E-state index in [4.69, 9.17) is 0 Å². The summed E-state index contributed by atoms with van der Waals surface area (Å²) in [7, 11) is 0. The van der Waals surface area contributed by atoms with Crippen LogP contribution < -0.4 is 5.56 Å². The first-order chi connectivity index (χ1) is 12.3. The van der Waals surface area contributed by atoms with Crippen molar-refractivity contribution in [3.63, 3.8) is 0 Å². The summed E-state index contributed by atoms with van der Waals surface area (Å²) in [4.78, 5) is 21.0. The van der Waals surface area contributed by atoms with E-state index in [9.17, 15) is 4.79 Å². The van der Waals surface area contributed by atoms with Crippen molar-refractivity contribution in [2.75, 3.05) is 0 Å². The smallest absolute Gasteiger partial charge is 0.254 e. The monoisotopic (exact) mass is 329 g/mol. The summed E-state index contributed by atoms with van der Waals surface area (Å²) in [6, 6.07) is 20.9. The minimum Gasteiger partial charge on any atom is -0.291 e. The van der Waals surface area contributed by atoms with Crippen molar-refractivity contribution in [1.82, 2.24) is 24.3 Å². The second kappa shape index (κ2) is 6.52. The van der Waals surface area contributed by atoms with E-state index in [0.29, 0.717) is 11.5 Å². The standard InChI is InChI=1S/C19H15N5O/c25-19-11-17(15-7-3-1-4-8-15)20-13-23(19)12-18-21-14-24(22-18)16-9-5-2-6-10-16/h1-11,13-14H,12H2. The largest absolute Gasteiger partial charge is 0.291 e. The summed E-state index contributed by atoms with van der Waals surface area (Å²) < 4.78 is 3.18. The third-order valence-corrected chi connectivity index (χ3v) is 3.82. The molecule has 0 saturated carbocycles. The molecule has 0 radical (unpaired) electrons. The molecule has 0 atom stereocenters. The van der Waals surface area contributed by atoms with Gasteiger partial charge in [-0.15, -0.1) is 5.10 Å². The Morgan fingerprint density at radius 1 is 0.840 bits per heavy atom. The topological polar surface area (TPSA) is 65.6 Å². The molecule has 0 aliphatic carbocycles. The Labute approximate surface area is 144 Å². The van der Waals surface area contributed by atoms with Crippen molar-refractivity contribution in [2.45, 2.75) is 6.54 Å². The van der Waals surface area contributed by atoms with E-state index >= 15 is 0 Å². The van der Waals surface area contributed by atoms with Crippen molar-refractivity contribution in [2.24, 2.45) is 0 Å². The van der Waals surface area contributed by atoms with Crippen molar-refractivity contribution < 1.29 is 0 Å². The Kier molecular flexibility index (Phi) is 3.92. The van der Waals surface area contributed by atoms with Crippen LogP contribution in [0.25, 0.3) is 16.9 Å². The molecule has 0 amide bonds. The molecule has 0 spiro atoms. The van der Waals surface area contributed by atoms with Gasteiger partial charge in [-0.1, -0.05) is 48.5 Å². The SMILES string of the molecule is O=c1cc(-c2ccccc2)ncn1Cc1ncn(-c2ccccc2)n1. The van der Waals surface area contributed by atoms with Gasteiger partial charge in [0.1, 0.15) is 6.33 Å². The molecule has 0 bridgehead atoms. The van der Waals surface area contributed by atoms with Gasteiger partial charge in [0.05, 0.1) is 24.3 Å². The van der Waals surface area contributed by atoms with E-state index in [0.717, 1.165) is 11.3 Å². The summed E-state index contributed by atoms with van der Waals surface area (Å²) in [5.41, 5.74) is 2.36. The van der Waals surface area contributed by atoms with E-state index in [-0.39, 0.29) is 12.1 Å². The van der Waals surface area contributed by atoms with E-state index < -0.39 is 0 Å². The number of hydrogen-bond acceptors (Lipinski definition) is 4. The van der Waals surface area contributed by atoms with Crippen LogP contribution in [0, 0.1) is 0 Å². The van der Waals surface area contributed by atoms with Gasteiger partial charge in [0.25, 0.3) is 5.56 Å². The lowest BCUT2D eigenvalue weighted by molar-refractivity contribution is 0.692. The summed E-state index contributed by atoms with van der Waals surface area (Å²) in [6.45, 7) is 0.279. The minimum absolute atomic E-state index is 0.134.